The molecule has 0 saturated carbocycles. The second-order valence-corrected chi connectivity index (χ2v) is 5.52. The van der Waals surface area contributed by atoms with Crippen LogP contribution in [0.3, 0.4) is 0 Å². The molecular formula is C13H16Cl2N4. The van der Waals surface area contributed by atoms with Crippen molar-refractivity contribution < 1.29 is 0 Å². The molecule has 1 N–H and O–H groups in total. The average molecular weight is 299 g/mol. The SMILES string of the molecule is CC(C)NCc1cn(Cc2cc(Cl)ccc2Cl)nn1. The van der Waals surface area contributed by atoms with Crippen molar-refractivity contribution in [2.45, 2.75) is 33.0 Å². The van der Waals surface area contributed by atoms with Gasteiger partial charge in [0.25, 0.3) is 0 Å². The molecule has 0 amide bonds. The first-order chi connectivity index (χ1) is 9.04. The summed E-state index contributed by atoms with van der Waals surface area (Å²) in [6.07, 6.45) is 1.91. The maximum atomic E-state index is 6.12. The predicted octanol–water partition coefficient (Wildman–Crippen LogP) is 3.13. The molecule has 0 atom stereocenters. The lowest BCUT2D eigenvalue weighted by atomic mass is 10.2. The fraction of sp³-hybridized carbons (Fsp3) is 0.385. The third-order valence-electron chi connectivity index (χ3n) is 2.62. The minimum Gasteiger partial charge on any atom is -0.309 e. The van der Waals surface area contributed by atoms with Gasteiger partial charge in [-0.25, -0.2) is 4.68 Å². The fourth-order valence-corrected chi connectivity index (χ4v) is 2.02. The topological polar surface area (TPSA) is 42.7 Å². The number of nitrogens with one attached hydrogen (secondary N) is 1. The maximum Gasteiger partial charge on any atom is 0.0965 e. The molecule has 0 unspecified atom stereocenters. The minimum atomic E-state index is 0.424. The molecule has 102 valence electrons. The Morgan fingerprint density at radius 2 is 2.11 bits per heavy atom. The van der Waals surface area contributed by atoms with Crippen LogP contribution in [0.2, 0.25) is 10.0 Å². The molecule has 0 fully saturated rings. The molecule has 0 aliphatic carbocycles. The van der Waals surface area contributed by atoms with Crippen LogP contribution < -0.4 is 5.32 Å². The van der Waals surface area contributed by atoms with Crippen LogP contribution in [0.4, 0.5) is 0 Å². The number of halogens is 2. The summed E-state index contributed by atoms with van der Waals surface area (Å²) in [7, 11) is 0. The molecule has 2 rings (SSSR count). The van der Waals surface area contributed by atoms with Gasteiger partial charge >= 0.3 is 0 Å². The highest BCUT2D eigenvalue weighted by Crippen LogP contribution is 2.21. The molecule has 6 heteroatoms. The summed E-state index contributed by atoms with van der Waals surface area (Å²) < 4.78 is 1.76. The zero-order valence-electron chi connectivity index (χ0n) is 10.9. The van der Waals surface area contributed by atoms with Gasteiger partial charge in [-0.1, -0.05) is 42.3 Å². The van der Waals surface area contributed by atoms with Crippen LogP contribution in [0.15, 0.2) is 24.4 Å². The van der Waals surface area contributed by atoms with Crippen molar-refractivity contribution >= 4 is 23.2 Å². The van der Waals surface area contributed by atoms with Crippen LogP contribution in [0, 0.1) is 0 Å². The van der Waals surface area contributed by atoms with E-state index in [1.807, 2.05) is 12.3 Å². The third kappa shape index (κ3) is 4.20. The van der Waals surface area contributed by atoms with Gasteiger partial charge < -0.3 is 5.32 Å². The quantitative estimate of drug-likeness (QED) is 0.922. The summed E-state index contributed by atoms with van der Waals surface area (Å²) in [5.74, 6) is 0. The number of aromatic nitrogens is 3. The summed E-state index contributed by atoms with van der Waals surface area (Å²) in [6, 6.07) is 5.83. The second kappa shape index (κ2) is 6.37. The van der Waals surface area contributed by atoms with E-state index in [1.54, 1.807) is 16.8 Å². The Kier molecular flexibility index (Phi) is 4.80. The molecule has 1 aromatic heterocycles. The molecule has 0 spiro atoms. The normalized spacial score (nSPS) is 11.2. The number of nitrogens with zero attached hydrogens (tertiary/aromatic N) is 3. The average Bonchev–Trinajstić information content (AvgIpc) is 2.79. The first kappa shape index (κ1) is 14.3. The van der Waals surface area contributed by atoms with Gasteiger partial charge in [0.1, 0.15) is 0 Å². The Morgan fingerprint density at radius 3 is 2.84 bits per heavy atom. The lowest BCUT2D eigenvalue weighted by molar-refractivity contribution is 0.580. The van der Waals surface area contributed by atoms with Gasteiger partial charge in [-0.3, -0.25) is 0 Å². The first-order valence-electron chi connectivity index (χ1n) is 6.11. The zero-order valence-corrected chi connectivity index (χ0v) is 12.4. The van der Waals surface area contributed by atoms with E-state index < -0.39 is 0 Å². The van der Waals surface area contributed by atoms with E-state index in [4.69, 9.17) is 23.2 Å². The third-order valence-corrected chi connectivity index (χ3v) is 3.22. The summed E-state index contributed by atoms with van der Waals surface area (Å²) in [4.78, 5) is 0. The molecule has 0 saturated heterocycles. The molecule has 1 heterocycles. The van der Waals surface area contributed by atoms with Gasteiger partial charge in [0.15, 0.2) is 0 Å². The van der Waals surface area contributed by atoms with E-state index in [9.17, 15) is 0 Å². The van der Waals surface area contributed by atoms with Crippen molar-refractivity contribution in [1.82, 2.24) is 20.3 Å². The van der Waals surface area contributed by atoms with Gasteiger partial charge in [-0.15, -0.1) is 5.10 Å². The highest BCUT2D eigenvalue weighted by molar-refractivity contribution is 6.33. The van der Waals surface area contributed by atoms with Crippen LogP contribution in [0.1, 0.15) is 25.1 Å². The molecule has 0 aliphatic rings. The lowest BCUT2D eigenvalue weighted by Crippen LogP contribution is -2.21. The van der Waals surface area contributed by atoms with Crippen molar-refractivity contribution in [3.8, 4) is 0 Å². The maximum absolute atomic E-state index is 6.12. The number of hydrogen-bond acceptors (Lipinski definition) is 3. The van der Waals surface area contributed by atoms with Crippen molar-refractivity contribution in [2.24, 2.45) is 0 Å². The van der Waals surface area contributed by atoms with Gasteiger partial charge in [0.2, 0.25) is 0 Å². The molecule has 4 nitrogen and oxygen atoms in total. The molecule has 19 heavy (non-hydrogen) atoms. The monoisotopic (exact) mass is 298 g/mol. The summed E-state index contributed by atoms with van der Waals surface area (Å²) in [6.45, 7) is 5.46. The Bertz CT molecular complexity index is 551. The van der Waals surface area contributed by atoms with Gasteiger partial charge in [0, 0.05) is 22.6 Å². The lowest BCUT2D eigenvalue weighted by Gasteiger charge is -2.05. The van der Waals surface area contributed by atoms with Crippen LogP contribution in [0.25, 0.3) is 0 Å². The van der Waals surface area contributed by atoms with Crippen molar-refractivity contribution in [1.29, 1.82) is 0 Å². The smallest absolute Gasteiger partial charge is 0.0965 e. The minimum absolute atomic E-state index is 0.424. The van der Waals surface area contributed by atoms with E-state index in [-0.39, 0.29) is 0 Å². The van der Waals surface area contributed by atoms with Gasteiger partial charge in [-0.2, -0.15) is 0 Å². The van der Waals surface area contributed by atoms with Crippen molar-refractivity contribution in [3.05, 3.63) is 45.7 Å². The zero-order chi connectivity index (χ0) is 13.8. The fourth-order valence-electron chi connectivity index (χ4n) is 1.64. The Labute approximate surface area is 122 Å². The van der Waals surface area contributed by atoms with Crippen LogP contribution in [-0.4, -0.2) is 21.0 Å². The van der Waals surface area contributed by atoms with E-state index in [1.165, 1.54) is 0 Å². The van der Waals surface area contributed by atoms with E-state index in [0.29, 0.717) is 29.2 Å². The molecule has 0 radical (unpaired) electrons. The van der Waals surface area contributed by atoms with Crippen LogP contribution in [0.5, 0.6) is 0 Å². The Balaban J connectivity index is 2.05. The second-order valence-electron chi connectivity index (χ2n) is 4.68. The summed E-state index contributed by atoms with van der Waals surface area (Å²) in [5.41, 5.74) is 1.84. The molecule has 0 bridgehead atoms. The predicted molar refractivity (Wildman–Crippen MR) is 77.6 cm³/mol. The summed E-state index contributed by atoms with van der Waals surface area (Å²) in [5, 5.41) is 12.8. The molecule has 2 aromatic rings. The van der Waals surface area contributed by atoms with Gasteiger partial charge in [-0.05, 0) is 23.8 Å². The standard InChI is InChI=1S/C13H16Cl2N4/c1-9(2)16-6-12-8-19(18-17-12)7-10-5-11(14)3-4-13(10)15/h3-5,8-9,16H,6-7H2,1-2H3. The number of benzene rings is 1. The molecular weight excluding hydrogens is 283 g/mol. The highest BCUT2D eigenvalue weighted by Gasteiger charge is 2.06. The number of hydrogen-bond donors (Lipinski definition) is 1. The van der Waals surface area contributed by atoms with Gasteiger partial charge in [0.05, 0.1) is 18.4 Å². The van der Waals surface area contributed by atoms with Crippen LogP contribution >= 0.6 is 23.2 Å². The first-order valence-corrected chi connectivity index (χ1v) is 6.86. The van der Waals surface area contributed by atoms with Crippen molar-refractivity contribution in [3.63, 3.8) is 0 Å². The Morgan fingerprint density at radius 1 is 1.32 bits per heavy atom. The van der Waals surface area contributed by atoms with Crippen LogP contribution in [-0.2, 0) is 13.1 Å². The Hall–Kier alpha value is -1.10. The largest absolute Gasteiger partial charge is 0.309 e. The highest BCUT2D eigenvalue weighted by atomic mass is 35.5. The summed E-state index contributed by atoms with van der Waals surface area (Å²) >= 11 is 12.1. The number of rotatable bonds is 5. The van der Waals surface area contributed by atoms with Crippen molar-refractivity contribution in [2.75, 3.05) is 0 Å². The molecule has 1 aromatic carbocycles. The molecule has 0 aliphatic heterocycles. The van der Waals surface area contributed by atoms with E-state index >= 15 is 0 Å². The van der Waals surface area contributed by atoms with E-state index in [2.05, 4.69) is 29.5 Å². The van der Waals surface area contributed by atoms with E-state index in [0.717, 1.165) is 11.3 Å².